The SMILES string of the molecule is CC(C)C(=O)Nc1c(F)ccc(NC(=O)c2cc(NC(=O)C3CC3(Cl)Cl)ccc2Cl)c1F. The van der Waals surface area contributed by atoms with E-state index in [1.807, 2.05) is 0 Å². The van der Waals surface area contributed by atoms with Gasteiger partial charge in [-0.05, 0) is 36.8 Å². The van der Waals surface area contributed by atoms with Crippen molar-refractivity contribution in [3.05, 3.63) is 52.6 Å². The van der Waals surface area contributed by atoms with Gasteiger partial charge in [0.15, 0.2) is 5.82 Å². The molecular weight excluding hydrogens is 487 g/mol. The van der Waals surface area contributed by atoms with Gasteiger partial charge in [-0.1, -0.05) is 25.4 Å². The summed E-state index contributed by atoms with van der Waals surface area (Å²) < 4.78 is 27.7. The highest BCUT2D eigenvalue weighted by atomic mass is 35.5. The molecule has 2 aromatic rings. The smallest absolute Gasteiger partial charge is 0.257 e. The highest BCUT2D eigenvalue weighted by Crippen LogP contribution is 2.53. The van der Waals surface area contributed by atoms with Gasteiger partial charge < -0.3 is 16.0 Å². The molecule has 2 aromatic carbocycles. The number of hydrogen-bond acceptors (Lipinski definition) is 3. The fourth-order valence-corrected chi connectivity index (χ4v) is 3.44. The van der Waals surface area contributed by atoms with E-state index in [-0.39, 0.29) is 22.0 Å². The van der Waals surface area contributed by atoms with Crippen molar-refractivity contribution < 1.29 is 23.2 Å². The molecule has 0 heterocycles. The van der Waals surface area contributed by atoms with Crippen LogP contribution in [0.2, 0.25) is 5.02 Å². The summed E-state index contributed by atoms with van der Waals surface area (Å²) in [6.45, 7) is 3.13. The van der Waals surface area contributed by atoms with Crippen LogP contribution in [-0.2, 0) is 9.59 Å². The van der Waals surface area contributed by atoms with Gasteiger partial charge in [0, 0.05) is 11.6 Å². The maximum absolute atomic E-state index is 14.8. The van der Waals surface area contributed by atoms with Crippen LogP contribution in [0, 0.1) is 23.5 Å². The summed E-state index contributed by atoms with van der Waals surface area (Å²) in [5.41, 5.74) is -0.860. The Hall–Kier alpha value is -2.42. The molecule has 0 bridgehead atoms. The monoisotopic (exact) mass is 503 g/mol. The summed E-state index contributed by atoms with van der Waals surface area (Å²) >= 11 is 17.9. The van der Waals surface area contributed by atoms with Crippen LogP contribution in [0.3, 0.4) is 0 Å². The number of halogens is 5. The van der Waals surface area contributed by atoms with E-state index in [1.165, 1.54) is 18.2 Å². The van der Waals surface area contributed by atoms with Crippen LogP contribution in [0.5, 0.6) is 0 Å². The third-order valence-corrected chi connectivity index (χ3v) is 5.90. The van der Waals surface area contributed by atoms with E-state index < -0.39 is 51.2 Å². The van der Waals surface area contributed by atoms with Crippen LogP contribution in [0.25, 0.3) is 0 Å². The number of benzene rings is 2. The summed E-state index contributed by atoms with van der Waals surface area (Å²) in [7, 11) is 0. The Balaban J connectivity index is 1.80. The van der Waals surface area contributed by atoms with Gasteiger partial charge in [0.25, 0.3) is 5.91 Å². The molecule has 0 spiro atoms. The van der Waals surface area contributed by atoms with Gasteiger partial charge in [0.05, 0.1) is 22.2 Å². The van der Waals surface area contributed by atoms with E-state index in [2.05, 4.69) is 16.0 Å². The molecule has 6 nitrogen and oxygen atoms in total. The van der Waals surface area contributed by atoms with Crippen LogP contribution in [0.15, 0.2) is 30.3 Å². The normalized spacial score (nSPS) is 16.4. The molecular formula is C21H18Cl3F2N3O3. The van der Waals surface area contributed by atoms with Crippen LogP contribution >= 0.6 is 34.8 Å². The second-order valence-electron chi connectivity index (χ2n) is 7.58. The summed E-state index contributed by atoms with van der Waals surface area (Å²) in [5, 5.41) is 7.08. The number of nitrogens with one attached hydrogen (secondary N) is 3. The van der Waals surface area contributed by atoms with Crippen molar-refractivity contribution >= 4 is 69.6 Å². The zero-order valence-electron chi connectivity index (χ0n) is 16.9. The Labute approximate surface area is 197 Å². The van der Waals surface area contributed by atoms with E-state index >= 15 is 0 Å². The largest absolute Gasteiger partial charge is 0.326 e. The molecule has 170 valence electrons. The van der Waals surface area contributed by atoms with E-state index in [0.29, 0.717) is 6.42 Å². The lowest BCUT2D eigenvalue weighted by molar-refractivity contribution is -0.119. The minimum atomic E-state index is -1.15. The second-order valence-corrected chi connectivity index (χ2v) is 9.53. The molecule has 0 saturated heterocycles. The van der Waals surface area contributed by atoms with E-state index in [4.69, 9.17) is 34.8 Å². The molecule has 1 fully saturated rings. The van der Waals surface area contributed by atoms with Gasteiger partial charge in [-0.25, -0.2) is 8.78 Å². The Morgan fingerprint density at radius 3 is 2.31 bits per heavy atom. The number of alkyl halides is 2. The summed E-state index contributed by atoms with van der Waals surface area (Å²) in [6.07, 6.45) is 0.308. The number of anilines is 3. The molecule has 1 aliphatic carbocycles. The lowest BCUT2D eigenvalue weighted by Crippen LogP contribution is -2.21. The minimum Gasteiger partial charge on any atom is -0.326 e. The lowest BCUT2D eigenvalue weighted by atomic mass is 10.1. The fraction of sp³-hybridized carbons (Fsp3) is 0.286. The van der Waals surface area contributed by atoms with Gasteiger partial charge in [-0.2, -0.15) is 0 Å². The Morgan fingerprint density at radius 2 is 1.72 bits per heavy atom. The first kappa shape index (κ1) is 24.2. The zero-order valence-corrected chi connectivity index (χ0v) is 19.1. The van der Waals surface area contributed by atoms with Crippen molar-refractivity contribution in [1.29, 1.82) is 0 Å². The highest BCUT2D eigenvalue weighted by Gasteiger charge is 2.56. The maximum atomic E-state index is 14.8. The molecule has 0 aliphatic heterocycles. The second kappa shape index (κ2) is 9.21. The first-order valence-corrected chi connectivity index (χ1v) is 10.6. The average Bonchev–Trinajstić information content (AvgIpc) is 3.36. The van der Waals surface area contributed by atoms with Crippen molar-refractivity contribution in [1.82, 2.24) is 0 Å². The number of amides is 3. The van der Waals surface area contributed by atoms with Gasteiger partial charge in [-0.3, -0.25) is 14.4 Å². The third-order valence-electron chi connectivity index (χ3n) is 4.73. The first-order chi connectivity index (χ1) is 14.9. The number of hydrogen-bond donors (Lipinski definition) is 3. The van der Waals surface area contributed by atoms with Gasteiger partial charge in [0.2, 0.25) is 11.8 Å². The van der Waals surface area contributed by atoms with Gasteiger partial charge in [0.1, 0.15) is 15.8 Å². The molecule has 3 N–H and O–H groups in total. The molecule has 1 aliphatic rings. The summed E-state index contributed by atoms with van der Waals surface area (Å²) in [6, 6.07) is 6.07. The van der Waals surface area contributed by atoms with E-state index in [1.54, 1.807) is 13.8 Å². The standard InChI is InChI=1S/C21H18Cl3F2N3O3/c1-9(2)18(30)29-17-14(25)5-6-15(16(17)26)28-19(31)11-7-10(3-4-13(11)22)27-20(32)12-8-21(12,23)24/h3-7,9,12H,8H2,1-2H3,(H,27,32)(H,28,31)(H,29,30). The van der Waals surface area contributed by atoms with E-state index in [9.17, 15) is 23.2 Å². The zero-order chi connectivity index (χ0) is 23.8. The Morgan fingerprint density at radius 1 is 1.06 bits per heavy atom. The molecule has 11 heteroatoms. The summed E-state index contributed by atoms with van der Waals surface area (Å²) in [4.78, 5) is 36.7. The summed E-state index contributed by atoms with van der Waals surface area (Å²) in [5.74, 6) is -5.05. The fourth-order valence-electron chi connectivity index (χ4n) is 2.72. The molecule has 3 amide bonds. The number of carbonyl (C=O) groups excluding carboxylic acids is 3. The van der Waals surface area contributed by atoms with Crippen LogP contribution in [0.4, 0.5) is 25.8 Å². The van der Waals surface area contributed by atoms with Gasteiger partial charge in [-0.15, -0.1) is 23.2 Å². The van der Waals surface area contributed by atoms with Crippen molar-refractivity contribution in [3.63, 3.8) is 0 Å². The minimum absolute atomic E-state index is 0.0341. The van der Waals surface area contributed by atoms with Crippen molar-refractivity contribution in [2.24, 2.45) is 11.8 Å². The Kier molecular flexibility index (Phi) is 6.97. The van der Waals surface area contributed by atoms with Crippen LogP contribution in [0.1, 0.15) is 30.6 Å². The first-order valence-electron chi connectivity index (χ1n) is 9.49. The van der Waals surface area contributed by atoms with Crippen molar-refractivity contribution in [3.8, 4) is 0 Å². The molecule has 1 unspecified atom stereocenters. The molecule has 32 heavy (non-hydrogen) atoms. The predicted molar refractivity (Wildman–Crippen MR) is 120 cm³/mol. The topological polar surface area (TPSA) is 87.3 Å². The highest BCUT2D eigenvalue weighted by molar-refractivity contribution is 6.52. The van der Waals surface area contributed by atoms with Crippen LogP contribution < -0.4 is 16.0 Å². The van der Waals surface area contributed by atoms with Crippen molar-refractivity contribution in [2.75, 3.05) is 16.0 Å². The molecule has 1 atom stereocenters. The average molecular weight is 505 g/mol. The van der Waals surface area contributed by atoms with E-state index in [0.717, 1.165) is 12.1 Å². The predicted octanol–water partition coefficient (Wildman–Crippen LogP) is 5.60. The van der Waals surface area contributed by atoms with Crippen LogP contribution in [-0.4, -0.2) is 22.1 Å². The number of carbonyl (C=O) groups is 3. The number of rotatable bonds is 6. The molecule has 3 rings (SSSR count). The third kappa shape index (κ3) is 5.31. The maximum Gasteiger partial charge on any atom is 0.257 e. The van der Waals surface area contributed by atoms with Gasteiger partial charge >= 0.3 is 0 Å². The molecule has 0 aromatic heterocycles. The van der Waals surface area contributed by atoms with Crippen molar-refractivity contribution in [2.45, 2.75) is 24.6 Å². The lowest BCUT2D eigenvalue weighted by Gasteiger charge is -2.14. The quantitative estimate of drug-likeness (QED) is 0.448. The molecule has 1 saturated carbocycles. The molecule has 0 radical (unpaired) electrons. The Bertz CT molecular complexity index is 1110.